The van der Waals surface area contributed by atoms with E-state index in [1.807, 2.05) is 0 Å². The first-order valence-corrected chi connectivity index (χ1v) is 9.18. The lowest BCUT2D eigenvalue weighted by Gasteiger charge is -2.34. The molecule has 0 aliphatic carbocycles. The molecule has 6 nitrogen and oxygen atoms in total. The molecule has 1 amide bonds. The molecular weight excluding hydrogens is 314 g/mol. The number of hydrogen-bond donors (Lipinski definition) is 1. The Bertz CT molecular complexity index is 665. The Labute approximate surface area is 137 Å². The largest absolute Gasteiger partial charge is 0.336 e. The number of sulfonamides is 1. The topological polar surface area (TPSA) is 69.7 Å². The predicted molar refractivity (Wildman–Crippen MR) is 89.8 cm³/mol. The number of piperazine rings is 1. The molecule has 1 fully saturated rings. The zero-order chi connectivity index (χ0) is 16.9. The van der Waals surface area contributed by atoms with Crippen molar-refractivity contribution >= 4 is 15.9 Å². The van der Waals surface area contributed by atoms with Gasteiger partial charge in [0, 0.05) is 38.3 Å². The van der Waals surface area contributed by atoms with Crippen molar-refractivity contribution in [3.63, 3.8) is 0 Å². The average molecular weight is 337 g/mol. The summed E-state index contributed by atoms with van der Waals surface area (Å²) >= 11 is 0. The molecule has 126 valence electrons. The van der Waals surface area contributed by atoms with Gasteiger partial charge in [0.25, 0.3) is 5.91 Å². The number of rotatable bonds is 6. The van der Waals surface area contributed by atoms with Crippen LogP contribution in [-0.4, -0.2) is 63.4 Å². The lowest BCUT2D eigenvalue weighted by molar-refractivity contribution is 0.0643. The van der Waals surface area contributed by atoms with Crippen molar-refractivity contribution in [2.24, 2.45) is 0 Å². The van der Waals surface area contributed by atoms with Gasteiger partial charge in [-0.2, -0.15) is 0 Å². The third kappa shape index (κ3) is 4.40. The minimum Gasteiger partial charge on any atom is -0.336 e. The van der Waals surface area contributed by atoms with Crippen LogP contribution < -0.4 is 4.72 Å². The normalized spacial score (nSPS) is 16.3. The van der Waals surface area contributed by atoms with Crippen molar-refractivity contribution in [1.82, 2.24) is 14.5 Å². The van der Waals surface area contributed by atoms with Crippen LogP contribution in [0.1, 0.15) is 17.3 Å². The van der Waals surface area contributed by atoms with E-state index in [2.05, 4.69) is 23.1 Å². The number of hydrogen-bond acceptors (Lipinski definition) is 4. The van der Waals surface area contributed by atoms with E-state index in [-0.39, 0.29) is 17.3 Å². The quantitative estimate of drug-likeness (QED) is 0.784. The fourth-order valence-corrected chi connectivity index (χ4v) is 3.54. The first-order valence-electron chi connectivity index (χ1n) is 7.70. The summed E-state index contributed by atoms with van der Waals surface area (Å²) in [5.74, 6) is -0.124. The van der Waals surface area contributed by atoms with E-state index in [9.17, 15) is 13.2 Å². The van der Waals surface area contributed by atoms with Gasteiger partial charge in [-0.1, -0.05) is 19.1 Å². The molecule has 0 aromatic heterocycles. The third-order valence-electron chi connectivity index (χ3n) is 3.92. The van der Waals surface area contributed by atoms with Crippen LogP contribution in [0, 0.1) is 0 Å². The number of carbonyl (C=O) groups excluding carboxylic acids is 1. The zero-order valence-electron chi connectivity index (χ0n) is 13.4. The van der Waals surface area contributed by atoms with Crippen molar-refractivity contribution < 1.29 is 13.2 Å². The molecule has 7 heteroatoms. The number of nitrogens with one attached hydrogen (secondary N) is 1. The van der Waals surface area contributed by atoms with Crippen molar-refractivity contribution in [2.75, 3.05) is 39.3 Å². The molecular formula is C16H23N3O3S. The maximum atomic E-state index is 12.6. The van der Waals surface area contributed by atoms with Gasteiger partial charge in [-0.25, -0.2) is 13.1 Å². The van der Waals surface area contributed by atoms with Crippen LogP contribution in [0.3, 0.4) is 0 Å². The lowest BCUT2D eigenvalue weighted by Crippen LogP contribution is -2.48. The number of nitrogens with zero attached hydrogens (tertiary/aromatic N) is 2. The molecule has 0 unspecified atom stereocenters. The summed E-state index contributed by atoms with van der Waals surface area (Å²) in [6, 6.07) is 6.16. The highest BCUT2D eigenvalue weighted by Crippen LogP contribution is 2.14. The smallest absolute Gasteiger partial charge is 0.253 e. The molecule has 1 aromatic carbocycles. The van der Waals surface area contributed by atoms with Gasteiger partial charge in [0.2, 0.25) is 10.0 Å². The van der Waals surface area contributed by atoms with Crippen LogP contribution in [0.25, 0.3) is 0 Å². The molecule has 0 saturated carbocycles. The highest BCUT2D eigenvalue weighted by molar-refractivity contribution is 7.89. The van der Waals surface area contributed by atoms with Crippen LogP contribution >= 0.6 is 0 Å². The molecule has 0 spiro atoms. The molecule has 1 aliphatic rings. The van der Waals surface area contributed by atoms with E-state index in [1.54, 1.807) is 17.0 Å². The third-order valence-corrected chi connectivity index (χ3v) is 5.34. The maximum Gasteiger partial charge on any atom is 0.253 e. The monoisotopic (exact) mass is 337 g/mol. The molecule has 0 bridgehead atoms. The molecule has 0 atom stereocenters. The SMILES string of the molecule is C=CCNS(=O)(=O)c1cccc(C(=O)N2CCN(CC)CC2)c1. The molecule has 1 saturated heterocycles. The number of amides is 1. The number of likely N-dealkylation sites (N-methyl/N-ethyl adjacent to an activating group) is 1. The van der Waals surface area contributed by atoms with E-state index >= 15 is 0 Å². The maximum absolute atomic E-state index is 12.6. The highest BCUT2D eigenvalue weighted by atomic mass is 32.2. The summed E-state index contributed by atoms with van der Waals surface area (Å²) in [5, 5.41) is 0. The predicted octanol–water partition coefficient (Wildman–Crippen LogP) is 0.929. The summed E-state index contributed by atoms with van der Waals surface area (Å²) in [6.07, 6.45) is 1.47. The van der Waals surface area contributed by atoms with Gasteiger partial charge in [0.15, 0.2) is 0 Å². The van der Waals surface area contributed by atoms with Gasteiger partial charge in [0.1, 0.15) is 0 Å². The summed E-state index contributed by atoms with van der Waals surface area (Å²) in [4.78, 5) is 16.7. The fraction of sp³-hybridized carbons (Fsp3) is 0.438. The Morgan fingerprint density at radius 2 is 2.00 bits per heavy atom. The molecule has 1 heterocycles. The van der Waals surface area contributed by atoms with E-state index in [1.165, 1.54) is 18.2 Å². The minimum absolute atomic E-state index is 0.0948. The van der Waals surface area contributed by atoms with Crippen LogP contribution in [0.5, 0.6) is 0 Å². The summed E-state index contributed by atoms with van der Waals surface area (Å²) < 4.78 is 26.7. The van der Waals surface area contributed by atoms with Crippen molar-refractivity contribution in [3.05, 3.63) is 42.5 Å². The van der Waals surface area contributed by atoms with Gasteiger partial charge in [-0.05, 0) is 24.7 Å². The Morgan fingerprint density at radius 1 is 1.30 bits per heavy atom. The van der Waals surface area contributed by atoms with Gasteiger partial charge >= 0.3 is 0 Å². The standard InChI is InChI=1S/C16H23N3O3S/c1-3-8-17-23(21,22)15-7-5-6-14(13-15)16(20)19-11-9-18(4-2)10-12-19/h3,5-7,13,17H,1,4,8-12H2,2H3. The van der Waals surface area contributed by atoms with Gasteiger partial charge in [-0.15, -0.1) is 6.58 Å². The van der Waals surface area contributed by atoms with E-state index < -0.39 is 10.0 Å². The zero-order valence-corrected chi connectivity index (χ0v) is 14.2. The fourth-order valence-electron chi connectivity index (χ4n) is 2.50. The van der Waals surface area contributed by atoms with Crippen LogP contribution in [-0.2, 0) is 10.0 Å². The molecule has 1 aromatic rings. The van der Waals surface area contributed by atoms with Crippen LogP contribution in [0.2, 0.25) is 0 Å². The summed E-state index contributed by atoms with van der Waals surface area (Å²) in [5.41, 5.74) is 0.399. The second kappa shape index (κ2) is 7.72. The highest BCUT2D eigenvalue weighted by Gasteiger charge is 2.22. The van der Waals surface area contributed by atoms with E-state index in [0.29, 0.717) is 18.7 Å². The summed E-state index contributed by atoms with van der Waals surface area (Å²) in [7, 11) is -3.62. The van der Waals surface area contributed by atoms with Gasteiger partial charge < -0.3 is 9.80 Å². The Balaban J connectivity index is 2.13. The Hall–Kier alpha value is -1.70. The van der Waals surface area contributed by atoms with Gasteiger partial charge in [-0.3, -0.25) is 4.79 Å². The Kier molecular flexibility index (Phi) is 5.92. The van der Waals surface area contributed by atoms with Crippen molar-refractivity contribution in [3.8, 4) is 0 Å². The summed E-state index contributed by atoms with van der Waals surface area (Å²) in [6.45, 7) is 9.74. The second-order valence-corrected chi connectivity index (χ2v) is 7.16. The first kappa shape index (κ1) is 17.7. The number of carbonyl (C=O) groups is 1. The first-order chi connectivity index (χ1) is 11.0. The average Bonchev–Trinajstić information content (AvgIpc) is 2.59. The Morgan fingerprint density at radius 3 is 2.61 bits per heavy atom. The molecule has 1 aliphatic heterocycles. The molecule has 2 rings (SSSR count). The van der Waals surface area contributed by atoms with E-state index in [0.717, 1.165) is 19.6 Å². The lowest BCUT2D eigenvalue weighted by atomic mass is 10.2. The minimum atomic E-state index is -3.62. The molecule has 0 radical (unpaired) electrons. The number of benzene rings is 1. The van der Waals surface area contributed by atoms with Crippen molar-refractivity contribution in [1.29, 1.82) is 0 Å². The molecule has 23 heavy (non-hydrogen) atoms. The van der Waals surface area contributed by atoms with Crippen molar-refractivity contribution in [2.45, 2.75) is 11.8 Å². The second-order valence-electron chi connectivity index (χ2n) is 5.39. The van der Waals surface area contributed by atoms with Crippen LogP contribution in [0.15, 0.2) is 41.8 Å². The van der Waals surface area contributed by atoms with E-state index in [4.69, 9.17) is 0 Å². The van der Waals surface area contributed by atoms with Crippen LogP contribution in [0.4, 0.5) is 0 Å². The van der Waals surface area contributed by atoms with Gasteiger partial charge in [0.05, 0.1) is 4.90 Å². The molecule has 1 N–H and O–H groups in total.